The predicted octanol–water partition coefficient (Wildman–Crippen LogP) is -7.14. The summed E-state index contributed by atoms with van der Waals surface area (Å²) in [5, 5.41) is 31.6. The van der Waals surface area contributed by atoms with Gasteiger partial charge in [0.2, 0.25) is 11.1 Å². The Labute approximate surface area is 316 Å². The van der Waals surface area contributed by atoms with E-state index in [0.29, 0.717) is 10.7 Å². The molecule has 2 aliphatic heterocycles. The van der Waals surface area contributed by atoms with E-state index in [1.165, 1.54) is 28.6 Å². The number of nitrogens with one attached hydrogen (secondary N) is 2. The van der Waals surface area contributed by atoms with Crippen molar-refractivity contribution in [3.05, 3.63) is 41.1 Å². The van der Waals surface area contributed by atoms with Gasteiger partial charge in [0.15, 0.2) is 5.25 Å². The molecule has 0 bridgehead atoms. The van der Waals surface area contributed by atoms with Gasteiger partial charge < -0.3 is 28.9 Å². The number of ether oxygens (including phenoxy) is 1. The van der Waals surface area contributed by atoms with Gasteiger partial charge in [-0.1, -0.05) is 23.9 Å². The summed E-state index contributed by atoms with van der Waals surface area (Å²) in [7, 11) is -3.46. The van der Waals surface area contributed by atoms with Crippen molar-refractivity contribution in [2.24, 2.45) is 12.8 Å². The number of carbonyl (C=O) groups excluding carboxylic acids is 3. The first-order chi connectivity index (χ1) is 20.7. The zero-order valence-electron chi connectivity index (χ0n) is 26.4. The van der Waals surface area contributed by atoms with Gasteiger partial charge in [-0.05, 0) is 33.7 Å². The van der Waals surface area contributed by atoms with Crippen LogP contribution in [-0.4, -0.2) is 114 Å². The molecule has 2 aliphatic rings. The minimum absolute atomic E-state index is 0. The molecule has 0 unspecified atom stereocenters. The number of hydrogen-bond donors (Lipinski definition) is 6. The minimum Gasteiger partial charge on any atom is -1.00 e. The van der Waals surface area contributed by atoms with Crippen LogP contribution < -0.4 is 75.5 Å². The van der Waals surface area contributed by atoms with E-state index in [0.717, 1.165) is 28.8 Å². The van der Waals surface area contributed by atoms with Crippen molar-refractivity contribution in [3.8, 4) is 0 Å². The second kappa shape index (κ2) is 16.7. The van der Waals surface area contributed by atoms with E-state index >= 15 is 0 Å². The fraction of sp³-hybridized carbons (Fsp3) is 0.364. The zero-order chi connectivity index (χ0) is 32.3. The van der Waals surface area contributed by atoms with E-state index < -0.39 is 69.3 Å². The van der Waals surface area contributed by atoms with Gasteiger partial charge in [0.25, 0.3) is 16.0 Å². The molecule has 24 heteroatoms. The van der Waals surface area contributed by atoms with Crippen LogP contribution in [0.2, 0.25) is 0 Å². The third kappa shape index (κ3) is 9.21. The van der Waals surface area contributed by atoms with E-state index in [2.05, 4.69) is 30.9 Å². The largest absolute Gasteiger partial charge is 1.00 e. The number of rotatable bonds is 12. The number of carboxylic acids is 2. The van der Waals surface area contributed by atoms with Crippen molar-refractivity contribution in [2.45, 2.75) is 27.9 Å². The molecule has 3 amide bonds. The zero-order valence-corrected chi connectivity index (χ0v) is 30.8. The average Bonchev–Trinajstić information content (AvgIpc) is 3.37. The first-order valence-corrected chi connectivity index (χ1v) is 15.8. The van der Waals surface area contributed by atoms with E-state index in [1.807, 2.05) is 0 Å². The number of β-lactam (4-membered cyclic amide) rings is 1. The van der Waals surface area contributed by atoms with Crippen LogP contribution in [0.5, 0.6) is 0 Å². The number of nitrogens with zero attached hydrogens (tertiary/aromatic N) is 5. The Morgan fingerprint density at radius 1 is 1.22 bits per heavy atom. The number of anilines is 1. The first-order valence-electron chi connectivity index (χ1n) is 12.2. The number of fused-ring (bicyclic) bond motifs is 1. The number of hydrogen-bond acceptors (Lipinski definition) is 14. The number of aryl methyl sites for hydroxylation is 1. The third-order valence-corrected chi connectivity index (χ3v) is 9.73. The van der Waals surface area contributed by atoms with Crippen molar-refractivity contribution in [3.63, 3.8) is 0 Å². The van der Waals surface area contributed by atoms with Gasteiger partial charge in [0, 0.05) is 24.2 Å². The number of amides is 3. The maximum absolute atomic E-state index is 13.1. The Morgan fingerprint density at radius 2 is 1.87 bits per heavy atom. The standard InChI is InChI=1S/C22H24N8O11S3.2Na.2H/c1-29-21(26-27-28-29)43-8-10-7-42-18-13(17(32)30(18)14(10)20(35)36)25-16(31)15(44(38,39)40)9-2-4-11(5-3-9)24-22(37)41-6-12(23)19(33)34;;;;/h2-5,12-13,15,18H,6-8,23H2,1H3,(H,24,37)(H,25,31)(H,33,34)(H,35,36)(H,38,39,40);;;;/q;2*+1;2*-1/t12-,13-,15-,18-;;;;/m1..../s1. The first kappa shape index (κ1) is 39.9. The fourth-order valence-electron chi connectivity index (χ4n) is 4.11. The summed E-state index contributed by atoms with van der Waals surface area (Å²) in [4.78, 5) is 61.8. The Hall–Kier alpha value is -2.25. The fourth-order valence-corrected chi connectivity index (χ4v) is 7.28. The van der Waals surface area contributed by atoms with Crippen LogP contribution >= 0.6 is 23.5 Å². The van der Waals surface area contributed by atoms with Crippen LogP contribution in [0.25, 0.3) is 0 Å². The van der Waals surface area contributed by atoms with Gasteiger partial charge >= 0.3 is 77.1 Å². The normalized spacial score (nSPS) is 18.5. The van der Waals surface area contributed by atoms with Gasteiger partial charge in [-0.25, -0.2) is 14.3 Å². The molecule has 4 atom stereocenters. The van der Waals surface area contributed by atoms with Gasteiger partial charge in [-0.15, -0.1) is 16.9 Å². The maximum Gasteiger partial charge on any atom is 1.00 e. The Balaban J connectivity index is 0.00000552. The van der Waals surface area contributed by atoms with E-state index in [-0.39, 0.29) is 90.4 Å². The Morgan fingerprint density at radius 3 is 2.41 bits per heavy atom. The number of carbonyl (C=O) groups is 5. The molecule has 4 rings (SSSR count). The Bertz CT molecular complexity index is 1650. The molecule has 1 aromatic heterocycles. The van der Waals surface area contributed by atoms with E-state index in [9.17, 15) is 42.0 Å². The minimum atomic E-state index is -5.07. The monoisotopic (exact) mass is 720 g/mol. The van der Waals surface area contributed by atoms with Crippen molar-refractivity contribution in [1.82, 2.24) is 30.4 Å². The van der Waals surface area contributed by atoms with Crippen LogP contribution in [0.4, 0.5) is 10.5 Å². The number of tetrazole rings is 1. The van der Waals surface area contributed by atoms with Crippen LogP contribution in [0.15, 0.2) is 40.7 Å². The van der Waals surface area contributed by atoms with Crippen molar-refractivity contribution in [1.29, 1.82) is 0 Å². The number of carboxylic acid groups (broad SMARTS) is 2. The van der Waals surface area contributed by atoms with E-state index in [4.69, 9.17) is 10.8 Å². The van der Waals surface area contributed by atoms with Crippen LogP contribution in [0.3, 0.4) is 0 Å². The molecule has 19 nitrogen and oxygen atoms in total. The molecule has 46 heavy (non-hydrogen) atoms. The van der Waals surface area contributed by atoms with Crippen molar-refractivity contribution in [2.75, 3.05) is 23.4 Å². The molecule has 0 spiro atoms. The van der Waals surface area contributed by atoms with Gasteiger partial charge in [-0.2, -0.15) is 8.42 Å². The summed E-state index contributed by atoms with van der Waals surface area (Å²) in [6.07, 6.45) is -1.06. The second-order valence-corrected chi connectivity index (χ2v) is 12.8. The number of benzene rings is 1. The summed E-state index contributed by atoms with van der Waals surface area (Å²) in [6, 6.07) is 1.88. The summed E-state index contributed by atoms with van der Waals surface area (Å²) in [5.41, 5.74) is 5.26. The molecule has 3 heterocycles. The summed E-state index contributed by atoms with van der Waals surface area (Å²) in [5.74, 6) is -4.43. The molecule has 0 aliphatic carbocycles. The average molecular weight is 721 g/mol. The van der Waals surface area contributed by atoms with Crippen molar-refractivity contribution < 1.29 is 114 Å². The van der Waals surface area contributed by atoms with Crippen LogP contribution in [-0.2, 0) is 41.1 Å². The summed E-state index contributed by atoms with van der Waals surface area (Å²) >= 11 is 2.33. The SMILES string of the molecule is Cn1nnnc1SCC1=C(C(=O)O)N2C(=O)[C@@H](NC(=O)[C@@H](c3ccc(NC(=O)OC[C@@H](N)C(=O)O)cc3)S(=O)(=O)O)[C@H]2SC1.[H-].[H-].[Na+].[Na+]. The molecule has 0 saturated carbocycles. The number of nitrogens with two attached hydrogens (primary N) is 1. The molecule has 1 fully saturated rings. The van der Waals surface area contributed by atoms with Gasteiger partial charge in [-0.3, -0.25) is 29.2 Å². The second-order valence-electron chi connectivity index (χ2n) is 9.21. The van der Waals surface area contributed by atoms with Gasteiger partial charge in [0.05, 0.1) is 0 Å². The summed E-state index contributed by atoms with van der Waals surface area (Å²) in [6.45, 7) is -0.620. The summed E-state index contributed by atoms with van der Waals surface area (Å²) < 4.78 is 40.3. The number of aliphatic carboxylic acids is 2. The number of aromatic nitrogens is 4. The maximum atomic E-state index is 13.1. The van der Waals surface area contributed by atoms with Crippen molar-refractivity contribution >= 4 is 69.2 Å². The third-order valence-electron chi connectivity index (χ3n) is 6.21. The van der Waals surface area contributed by atoms with Crippen LogP contribution in [0, 0.1) is 0 Å². The van der Waals surface area contributed by atoms with E-state index in [1.54, 1.807) is 7.05 Å². The van der Waals surface area contributed by atoms with Crippen LogP contribution in [0.1, 0.15) is 13.7 Å². The molecular formula is C22H26N8Na2O11S3. The Kier molecular flexibility index (Phi) is 14.5. The molecule has 1 aromatic carbocycles. The smallest absolute Gasteiger partial charge is 1.00 e. The molecule has 240 valence electrons. The molecule has 0 radical (unpaired) electrons. The molecule has 2 aromatic rings. The molecule has 1 saturated heterocycles. The number of thioether (sulfide) groups is 2. The molecule has 7 N–H and O–H groups in total. The van der Waals surface area contributed by atoms with Gasteiger partial charge in [0.1, 0.15) is 29.8 Å². The quantitative estimate of drug-likeness (QED) is 0.0514. The predicted molar refractivity (Wildman–Crippen MR) is 153 cm³/mol. The molecular weight excluding hydrogens is 694 g/mol. The topological polar surface area (TPSA) is 286 Å².